The van der Waals surface area contributed by atoms with Gasteiger partial charge >= 0.3 is 12.1 Å². The molecular weight excluding hydrogens is 453 g/mol. The fourth-order valence-electron chi connectivity index (χ4n) is 4.26. The number of benzene rings is 1. The summed E-state index contributed by atoms with van der Waals surface area (Å²) in [5.41, 5.74) is 2.43. The summed E-state index contributed by atoms with van der Waals surface area (Å²) in [7, 11) is 1.29. The third-order valence-electron chi connectivity index (χ3n) is 6.43. The minimum absolute atomic E-state index is 0.102. The molecule has 2 fully saturated rings. The third-order valence-corrected chi connectivity index (χ3v) is 6.43. The maximum Gasteiger partial charge on any atom is 0.409 e. The van der Waals surface area contributed by atoms with Crippen LogP contribution in [0.2, 0.25) is 0 Å². The molecule has 4 rings (SSSR count). The average molecular weight is 484 g/mol. The molecule has 0 spiro atoms. The standard InChI is InChI=1S/C25H30FN5O4/c1-3-35-25(33)31-13-11-30(12-14-31)20-15-19(24(32)34-2)29-23(21(20)22(27)16-5-4-6-16)28-18-9-7-17(26)8-10-18/h7-10,15-16,27H,3-6,11-14H2,1-2H3,(H,28,29). The van der Waals surface area contributed by atoms with Crippen LogP contribution in [0.3, 0.4) is 0 Å². The Morgan fingerprint density at radius 3 is 2.43 bits per heavy atom. The van der Waals surface area contributed by atoms with Gasteiger partial charge in [-0.2, -0.15) is 0 Å². The number of hydrogen-bond acceptors (Lipinski definition) is 8. The van der Waals surface area contributed by atoms with Crippen molar-refractivity contribution in [3.05, 3.63) is 47.4 Å². The van der Waals surface area contributed by atoms with Crippen LogP contribution in [0.1, 0.15) is 42.2 Å². The van der Waals surface area contributed by atoms with E-state index in [0.717, 1.165) is 19.3 Å². The summed E-state index contributed by atoms with van der Waals surface area (Å²) in [5, 5.41) is 12.2. The fourth-order valence-corrected chi connectivity index (χ4v) is 4.26. The second kappa shape index (κ2) is 10.7. The van der Waals surface area contributed by atoms with Gasteiger partial charge < -0.3 is 30.0 Å². The largest absolute Gasteiger partial charge is 0.464 e. The number of esters is 1. The fraction of sp³-hybridized carbons (Fsp3) is 0.440. The minimum Gasteiger partial charge on any atom is -0.464 e. The summed E-state index contributed by atoms with van der Waals surface area (Å²) < 4.78 is 23.5. The lowest BCUT2D eigenvalue weighted by Crippen LogP contribution is -2.49. The van der Waals surface area contributed by atoms with Crippen LogP contribution in [0.25, 0.3) is 0 Å². The zero-order chi connectivity index (χ0) is 24.9. The van der Waals surface area contributed by atoms with Crippen molar-refractivity contribution in [2.45, 2.75) is 26.2 Å². The number of nitrogens with zero attached hydrogens (tertiary/aromatic N) is 3. The molecule has 35 heavy (non-hydrogen) atoms. The molecule has 2 aliphatic rings. The molecule has 2 aromatic rings. The van der Waals surface area contributed by atoms with Crippen LogP contribution in [0.4, 0.5) is 26.4 Å². The van der Waals surface area contributed by atoms with Crippen molar-refractivity contribution in [2.24, 2.45) is 5.92 Å². The smallest absolute Gasteiger partial charge is 0.409 e. The zero-order valence-electron chi connectivity index (χ0n) is 20.0. The predicted octanol–water partition coefficient (Wildman–Crippen LogP) is 4.20. The number of nitrogens with one attached hydrogen (secondary N) is 2. The van der Waals surface area contributed by atoms with Crippen LogP contribution in [0, 0.1) is 17.1 Å². The highest BCUT2D eigenvalue weighted by Crippen LogP contribution is 2.37. The van der Waals surface area contributed by atoms with E-state index in [1.54, 1.807) is 30.0 Å². The number of carbonyl (C=O) groups excluding carboxylic acids is 2. The monoisotopic (exact) mass is 483 g/mol. The van der Waals surface area contributed by atoms with E-state index < -0.39 is 5.97 Å². The number of halogens is 1. The molecule has 1 saturated carbocycles. The molecule has 2 heterocycles. The number of pyridine rings is 1. The van der Waals surface area contributed by atoms with Gasteiger partial charge in [0.25, 0.3) is 0 Å². The van der Waals surface area contributed by atoms with Gasteiger partial charge in [0.05, 0.1) is 25.0 Å². The van der Waals surface area contributed by atoms with E-state index in [1.165, 1.54) is 19.2 Å². The van der Waals surface area contributed by atoms with Crippen LogP contribution < -0.4 is 10.2 Å². The highest BCUT2D eigenvalue weighted by atomic mass is 19.1. The van der Waals surface area contributed by atoms with Gasteiger partial charge in [0.1, 0.15) is 11.6 Å². The summed E-state index contributed by atoms with van der Waals surface area (Å²) in [6.45, 7) is 3.99. The van der Waals surface area contributed by atoms with E-state index in [-0.39, 0.29) is 23.5 Å². The van der Waals surface area contributed by atoms with Crippen molar-refractivity contribution < 1.29 is 23.5 Å². The molecule has 1 aromatic heterocycles. The molecule has 10 heteroatoms. The van der Waals surface area contributed by atoms with Gasteiger partial charge in [-0.05, 0) is 50.1 Å². The van der Waals surface area contributed by atoms with Gasteiger partial charge in [0.15, 0.2) is 5.69 Å². The highest BCUT2D eigenvalue weighted by molar-refractivity contribution is 6.10. The quantitative estimate of drug-likeness (QED) is 0.449. The first kappa shape index (κ1) is 24.4. The SMILES string of the molecule is CCOC(=O)N1CCN(c2cc(C(=O)OC)nc(Nc3ccc(F)cc3)c2C(=N)C2CCC2)CC1. The molecule has 9 nitrogen and oxygen atoms in total. The molecule has 1 aliphatic heterocycles. The van der Waals surface area contributed by atoms with Crippen LogP contribution in [0.5, 0.6) is 0 Å². The normalized spacial score (nSPS) is 15.9. The molecule has 1 aromatic carbocycles. The summed E-state index contributed by atoms with van der Waals surface area (Å²) >= 11 is 0. The summed E-state index contributed by atoms with van der Waals surface area (Å²) in [4.78, 5) is 32.9. The second-order valence-electron chi connectivity index (χ2n) is 8.59. The minimum atomic E-state index is -0.597. The van der Waals surface area contributed by atoms with Crippen LogP contribution in [0.15, 0.2) is 30.3 Å². The summed E-state index contributed by atoms with van der Waals surface area (Å²) in [6, 6.07) is 7.48. The molecule has 1 aliphatic carbocycles. The molecular formula is C25H30FN5O4. The van der Waals surface area contributed by atoms with Gasteiger partial charge in [0.2, 0.25) is 0 Å². The van der Waals surface area contributed by atoms with E-state index in [1.807, 2.05) is 0 Å². The summed E-state index contributed by atoms with van der Waals surface area (Å²) in [6.07, 6.45) is 2.56. The first-order chi connectivity index (χ1) is 16.9. The number of hydrogen-bond donors (Lipinski definition) is 2. The number of carbonyl (C=O) groups is 2. The molecule has 1 saturated heterocycles. The molecule has 2 N–H and O–H groups in total. The Kier molecular flexibility index (Phi) is 7.48. The Morgan fingerprint density at radius 2 is 1.86 bits per heavy atom. The molecule has 0 unspecified atom stereocenters. The third kappa shape index (κ3) is 5.36. The van der Waals surface area contributed by atoms with Crippen molar-refractivity contribution in [1.29, 1.82) is 5.41 Å². The van der Waals surface area contributed by atoms with E-state index in [2.05, 4.69) is 15.2 Å². The van der Waals surface area contributed by atoms with Crippen molar-refractivity contribution in [1.82, 2.24) is 9.88 Å². The van der Waals surface area contributed by atoms with Gasteiger partial charge in [-0.1, -0.05) is 6.42 Å². The van der Waals surface area contributed by atoms with Crippen molar-refractivity contribution in [2.75, 3.05) is 50.1 Å². The number of anilines is 3. The molecule has 0 radical (unpaired) electrons. The highest BCUT2D eigenvalue weighted by Gasteiger charge is 2.32. The van der Waals surface area contributed by atoms with Gasteiger partial charge in [-0.25, -0.2) is 19.0 Å². The topological polar surface area (TPSA) is 108 Å². The van der Waals surface area contributed by atoms with Gasteiger partial charge in [0, 0.05) is 43.5 Å². The number of ether oxygens (including phenoxy) is 2. The Morgan fingerprint density at radius 1 is 1.17 bits per heavy atom. The van der Waals surface area contributed by atoms with E-state index in [9.17, 15) is 14.0 Å². The first-order valence-corrected chi connectivity index (χ1v) is 11.8. The maximum absolute atomic E-state index is 13.5. The Hall–Kier alpha value is -3.69. The van der Waals surface area contributed by atoms with Gasteiger partial charge in [-0.3, -0.25) is 0 Å². The number of rotatable bonds is 7. The molecule has 186 valence electrons. The van der Waals surface area contributed by atoms with Crippen molar-refractivity contribution in [3.8, 4) is 0 Å². The average Bonchev–Trinajstić information content (AvgIpc) is 2.83. The summed E-state index contributed by atoms with van der Waals surface area (Å²) in [5.74, 6) is -0.511. The number of piperazine rings is 1. The van der Waals surface area contributed by atoms with E-state index >= 15 is 0 Å². The van der Waals surface area contributed by atoms with Crippen LogP contribution >= 0.6 is 0 Å². The molecule has 1 amide bonds. The molecule has 0 atom stereocenters. The molecule has 0 bridgehead atoms. The lowest BCUT2D eigenvalue weighted by atomic mass is 9.79. The first-order valence-electron chi connectivity index (χ1n) is 11.8. The van der Waals surface area contributed by atoms with Crippen LogP contribution in [-0.4, -0.2) is 67.6 Å². The predicted molar refractivity (Wildman–Crippen MR) is 130 cm³/mol. The lowest BCUT2D eigenvalue weighted by molar-refractivity contribution is 0.0594. The maximum atomic E-state index is 13.5. The number of amides is 1. The lowest BCUT2D eigenvalue weighted by Gasteiger charge is -2.37. The Bertz CT molecular complexity index is 1100. The van der Waals surface area contributed by atoms with Crippen molar-refractivity contribution >= 4 is 35.0 Å². The Balaban J connectivity index is 1.74. The van der Waals surface area contributed by atoms with E-state index in [4.69, 9.17) is 14.9 Å². The zero-order valence-corrected chi connectivity index (χ0v) is 20.0. The number of aromatic nitrogens is 1. The van der Waals surface area contributed by atoms with E-state index in [0.29, 0.717) is 61.3 Å². The number of methoxy groups -OCH3 is 1. The Labute approximate surface area is 203 Å². The van der Waals surface area contributed by atoms with Gasteiger partial charge in [-0.15, -0.1) is 0 Å². The van der Waals surface area contributed by atoms with Crippen LogP contribution in [-0.2, 0) is 9.47 Å². The van der Waals surface area contributed by atoms with Crippen molar-refractivity contribution in [3.63, 3.8) is 0 Å². The second-order valence-corrected chi connectivity index (χ2v) is 8.59.